The topological polar surface area (TPSA) is 81.7 Å². The predicted octanol–water partition coefficient (Wildman–Crippen LogP) is 2.57. The Bertz CT molecular complexity index is 757. The Kier molecular flexibility index (Phi) is 6.28. The summed E-state index contributed by atoms with van der Waals surface area (Å²) in [5.41, 5.74) is 4.35. The molecule has 2 aromatic carbocycles. The molecule has 1 heterocycles. The van der Waals surface area contributed by atoms with Crippen LogP contribution in [0.1, 0.15) is 12.0 Å². The van der Waals surface area contributed by atoms with E-state index in [-0.39, 0.29) is 12.3 Å². The fourth-order valence-corrected chi connectivity index (χ4v) is 2.29. The fraction of sp³-hybridized carbons (Fsp3) is 0.211. The highest BCUT2D eigenvalue weighted by Gasteiger charge is 2.17. The number of nitrogens with one attached hydrogen (secondary N) is 1. The number of ether oxygens (including phenoxy) is 2. The minimum atomic E-state index is -0.582. The molecule has 0 fully saturated rings. The van der Waals surface area contributed by atoms with E-state index in [1.54, 1.807) is 0 Å². The van der Waals surface area contributed by atoms with Gasteiger partial charge in [-0.2, -0.15) is 0 Å². The van der Waals surface area contributed by atoms with Crippen LogP contribution in [0.2, 0.25) is 0 Å². The number of hydrogen-bond donors (Lipinski definition) is 1. The zero-order chi connectivity index (χ0) is 18.2. The van der Waals surface area contributed by atoms with Gasteiger partial charge in [0.1, 0.15) is 6.42 Å². The molecule has 0 unspecified atom stereocenters. The van der Waals surface area contributed by atoms with Crippen LogP contribution in [-0.4, -0.2) is 32.1 Å². The summed E-state index contributed by atoms with van der Waals surface area (Å²) in [6, 6.07) is 16.3. The van der Waals surface area contributed by atoms with Crippen LogP contribution >= 0.6 is 0 Å². The third-order valence-corrected chi connectivity index (χ3v) is 3.59. The average Bonchev–Trinajstić information content (AvgIpc) is 3.01. The molecule has 25 heavy (non-hydrogen) atoms. The van der Waals surface area contributed by atoms with Gasteiger partial charge in [0.15, 0.2) is 0 Å². The lowest BCUT2D eigenvalue weighted by molar-refractivity contribution is -0.151. The maximum absolute atomic E-state index is 11.2. The monoisotopic (exact) mass is 341 g/mol. The highest BCUT2D eigenvalue weighted by molar-refractivity contribution is 6.00. The second kappa shape index (κ2) is 8.63. The summed E-state index contributed by atoms with van der Waals surface area (Å²) in [6.07, 6.45) is 0.192. The van der Waals surface area contributed by atoms with Gasteiger partial charge in [0.2, 0.25) is 5.91 Å². The summed E-state index contributed by atoms with van der Waals surface area (Å²) in [7, 11) is 2.43. The molecule has 0 spiro atoms. The molecule has 1 aliphatic rings. The van der Waals surface area contributed by atoms with Crippen molar-refractivity contribution in [3.8, 4) is 11.1 Å². The van der Waals surface area contributed by atoms with Crippen LogP contribution in [0.15, 0.2) is 48.5 Å². The molecule has 3 rings (SSSR count). The number of carbonyl (C=O) groups excluding carboxylic acids is 3. The molecule has 0 bridgehead atoms. The van der Waals surface area contributed by atoms with Gasteiger partial charge in [-0.3, -0.25) is 14.4 Å². The van der Waals surface area contributed by atoms with Crippen molar-refractivity contribution in [3.63, 3.8) is 0 Å². The van der Waals surface area contributed by atoms with Crippen LogP contribution in [-0.2, 0) is 30.3 Å². The summed E-state index contributed by atoms with van der Waals surface area (Å²) >= 11 is 0. The second-order valence-electron chi connectivity index (χ2n) is 5.29. The number of anilines is 1. The van der Waals surface area contributed by atoms with Gasteiger partial charge in [0.05, 0.1) is 20.6 Å². The van der Waals surface area contributed by atoms with Crippen LogP contribution in [0, 0.1) is 0 Å². The third-order valence-electron chi connectivity index (χ3n) is 3.59. The van der Waals surface area contributed by atoms with E-state index in [4.69, 9.17) is 0 Å². The maximum Gasteiger partial charge on any atom is 0.316 e. The summed E-state index contributed by atoms with van der Waals surface area (Å²) < 4.78 is 8.37. The molecule has 2 aromatic rings. The number of esters is 2. The molecule has 0 radical (unpaired) electrons. The SMILES string of the molecule is COC(=O)CC(=O)OC.O=C1Cc2ccc(-c3ccccc3)cc2N1. The van der Waals surface area contributed by atoms with Crippen molar-refractivity contribution < 1.29 is 23.9 Å². The zero-order valence-electron chi connectivity index (χ0n) is 14.1. The smallest absolute Gasteiger partial charge is 0.316 e. The van der Waals surface area contributed by atoms with Crippen molar-refractivity contribution >= 4 is 23.5 Å². The molecule has 6 heteroatoms. The van der Waals surface area contributed by atoms with Gasteiger partial charge in [0.25, 0.3) is 0 Å². The second-order valence-corrected chi connectivity index (χ2v) is 5.29. The highest BCUT2D eigenvalue weighted by atomic mass is 16.5. The third kappa shape index (κ3) is 5.17. The Hall–Kier alpha value is -3.15. The van der Waals surface area contributed by atoms with Crippen molar-refractivity contribution in [2.24, 2.45) is 0 Å². The number of amides is 1. The Morgan fingerprint density at radius 3 is 2.20 bits per heavy atom. The van der Waals surface area contributed by atoms with E-state index in [9.17, 15) is 14.4 Å². The lowest BCUT2D eigenvalue weighted by Crippen LogP contribution is -2.09. The summed E-state index contributed by atoms with van der Waals surface area (Å²) in [4.78, 5) is 31.8. The predicted molar refractivity (Wildman–Crippen MR) is 92.9 cm³/mol. The van der Waals surface area contributed by atoms with Crippen LogP contribution < -0.4 is 5.32 Å². The van der Waals surface area contributed by atoms with Crippen molar-refractivity contribution in [2.75, 3.05) is 19.5 Å². The number of benzene rings is 2. The molecule has 0 atom stereocenters. The van der Waals surface area contributed by atoms with Gasteiger partial charge in [-0.05, 0) is 22.8 Å². The normalized spacial score (nSPS) is 11.5. The van der Waals surface area contributed by atoms with Gasteiger partial charge >= 0.3 is 11.9 Å². The van der Waals surface area contributed by atoms with E-state index in [1.165, 1.54) is 19.8 Å². The Balaban J connectivity index is 0.000000217. The molecule has 0 saturated carbocycles. The van der Waals surface area contributed by atoms with Crippen LogP contribution in [0.3, 0.4) is 0 Å². The standard InChI is InChI=1S/C14H11NO.C5H8O4/c16-14-9-12-7-6-11(8-13(12)15-14)10-4-2-1-3-5-10;1-8-4(6)3-5(7)9-2/h1-8H,9H2,(H,15,16);3H2,1-2H3. The summed E-state index contributed by atoms with van der Waals surface area (Å²) in [6.45, 7) is 0. The highest BCUT2D eigenvalue weighted by Crippen LogP contribution is 2.29. The maximum atomic E-state index is 11.2. The largest absolute Gasteiger partial charge is 0.469 e. The number of carbonyl (C=O) groups is 3. The van der Waals surface area contributed by atoms with Gasteiger partial charge < -0.3 is 14.8 Å². The van der Waals surface area contributed by atoms with Crippen LogP contribution in [0.4, 0.5) is 5.69 Å². The van der Waals surface area contributed by atoms with E-state index >= 15 is 0 Å². The van der Waals surface area contributed by atoms with Crippen molar-refractivity contribution in [1.82, 2.24) is 0 Å². The van der Waals surface area contributed by atoms with Gasteiger partial charge in [-0.25, -0.2) is 0 Å². The Labute approximate surface area is 145 Å². The van der Waals surface area contributed by atoms with Gasteiger partial charge in [0, 0.05) is 5.69 Å². The number of hydrogen-bond acceptors (Lipinski definition) is 5. The molecule has 130 valence electrons. The van der Waals surface area contributed by atoms with Crippen molar-refractivity contribution in [1.29, 1.82) is 0 Å². The number of rotatable bonds is 3. The molecule has 0 aliphatic carbocycles. The molecule has 0 saturated heterocycles. The molecule has 1 aliphatic heterocycles. The molecule has 0 aromatic heterocycles. The molecular weight excluding hydrogens is 322 g/mol. The minimum Gasteiger partial charge on any atom is -0.469 e. The minimum absolute atomic E-state index is 0.0835. The van der Waals surface area contributed by atoms with Crippen molar-refractivity contribution in [3.05, 3.63) is 54.1 Å². The lowest BCUT2D eigenvalue weighted by Gasteiger charge is -2.04. The van der Waals surface area contributed by atoms with Crippen LogP contribution in [0.25, 0.3) is 11.1 Å². The van der Waals surface area contributed by atoms with E-state index in [1.807, 2.05) is 30.3 Å². The number of methoxy groups -OCH3 is 2. The first kappa shape index (κ1) is 18.2. The Morgan fingerprint density at radius 1 is 0.960 bits per heavy atom. The molecule has 1 N–H and O–H groups in total. The summed E-state index contributed by atoms with van der Waals surface area (Å²) in [5, 5.41) is 2.87. The van der Waals surface area contributed by atoms with E-state index in [0.29, 0.717) is 6.42 Å². The molecule has 6 nitrogen and oxygen atoms in total. The van der Waals surface area contributed by atoms with Crippen LogP contribution in [0.5, 0.6) is 0 Å². The first-order valence-electron chi connectivity index (χ1n) is 7.65. The van der Waals surface area contributed by atoms with Crippen molar-refractivity contribution in [2.45, 2.75) is 12.8 Å². The first-order chi connectivity index (χ1) is 12.0. The van der Waals surface area contributed by atoms with E-state index in [0.717, 1.165) is 16.8 Å². The lowest BCUT2D eigenvalue weighted by atomic mass is 10.0. The Morgan fingerprint density at radius 2 is 1.60 bits per heavy atom. The first-order valence-corrected chi connectivity index (χ1v) is 7.65. The van der Waals surface area contributed by atoms with Gasteiger partial charge in [-0.15, -0.1) is 0 Å². The van der Waals surface area contributed by atoms with E-state index < -0.39 is 11.9 Å². The van der Waals surface area contributed by atoms with E-state index in [2.05, 4.69) is 33.0 Å². The average molecular weight is 341 g/mol. The molecular formula is C19H19NO5. The quantitative estimate of drug-likeness (QED) is 0.685. The molecule has 1 amide bonds. The summed E-state index contributed by atoms with van der Waals surface area (Å²) in [5.74, 6) is -1.08. The van der Waals surface area contributed by atoms with Gasteiger partial charge in [-0.1, -0.05) is 42.5 Å². The number of fused-ring (bicyclic) bond motifs is 1. The fourth-order valence-electron chi connectivity index (χ4n) is 2.29. The zero-order valence-corrected chi connectivity index (χ0v) is 14.1.